The van der Waals surface area contributed by atoms with Crippen molar-refractivity contribution in [1.29, 1.82) is 0 Å². The lowest BCUT2D eigenvalue weighted by Crippen LogP contribution is -1.97. The van der Waals surface area contributed by atoms with E-state index in [1.165, 1.54) is 30.4 Å². The van der Waals surface area contributed by atoms with E-state index in [0.29, 0.717) is 0 Å². The maximum Gasteiger partial charge on any atom is 0.269 e. The molecule has 0 saturated heterocycles. The Balaban J connectivity index is 1.89. The first-order chi connectivity index (χ1) is 12.0. The van der Waals surface area contributed by atoms with E-state index < -0.39 is 0 Å². The van der Waals surface area contributed by atoms with Crippen LogP contribution in [-0.4, -0.2) is 4.92 Å². The van der Waals surface area contributed by atoms with E-state index in [-0.39, 0.29) is 10.6 Å². The number of hydrogen-bond acceptors (Lipinski definition) is 2. The predicted molar refractivity (Wildman–Crippen MR) is 105 cm³/mol. The monoisotopic (exact) mass is 337 g/mol. The van der Waals surface area contributed by atoms with Crippen LogP contribution in [0.2, 0.25) is 0 Å². The zero-order chi connectivity index (χ0) is 18.2. The van der Waals surface area contributed by atoms with Crippen LogP contribution in [-0.2, 0) is 6.42 Å². The molecular formula is C22H27NO2. The molecule has 0 aliphatic heterocycles. The third-order valence-corrected chi connectivity index (χ3v) is 4.50. The van der Waals surface area contributed by atoms with Gasteiger partial charge in [-0.05, 0) is 74.3 Å². The second-order valence-electron chi connectivity index (χ2n) is 7.00. The van der Waals surface area contributed by atoms with Crippen molar-refractivity contribution in [2.24, 2.45) is 5.92 Å². The van der Waals surface area contributed by atoms with Gasteiger partial charge in [-0.15, -0.1) is 0 Å². The first-order valence-corrected chi connectivity index (χ1v) is 8.93. The van der Waals surface area contributed by atoms with Crippen LogP contribution >= 0.6 is 0 Å². The number of nitro benzene ring substituents is 1. The van der Waals surface area contributed by atoms with Crippen LogP contribution in [0.5, 0.6) is 0 Å². The molecule has 25 heavy (non-hydrogen) atoms. The minimum atomic E-state index is -0.369. The summed E-state index contributed by atoms with van der Waals surface area (Å²) in [6, 6.07) is 15.2. The van der Waals surface area contributed by atoms with E-state index >= 15 is 0 Å². The van der Waals surface area contributed by atoms with Crippen molar-refractivity contribution in [3.05, 3.63) is 75.9 Å². The Morgan fingerprint density at radius 1 is 1.00 bits per heavy atom. The highest BCUT2D eigenvalue weighted by atomic mass is 16.6. The maximum atomic E-state index is 10.7. The van der Waals surface area contributed by atoms with Crippen LogP contribution < -0.4 is 0 Å². The summed E-state index contributed by atoms with van der Waals surface area (Å²) in [6.45, 7) is 6.62. The molecule has 0 aliphatic carbocycles. The first kappa shape index (κ1) is 18.9. The molecule has 2 aromatic rings. The highest BCUT2D eigenvalue weighted by molar-refractivity contribution is 5.65. The van der Waals surface area contributed by atoms with Gasteiger partial charge in [-0.25, -0.2) is 0 Å². The fraction of sp³-hybridized carbons (Fsp3) is 0.364. The molecule has 0 spiro atoms. The molecule has 0 fully saturated rings. The van der Waals surface area contributed by atoms with Crippen LogP contribution in [0.1, 0.15) is 45.6 Å². The Labute approximate surface area is 150 Å². The lowest BCUT2D eigenvalue weighted by molar-refractivity contribution is -0.384. The van der Waals surface area contributed by atoms with Crippen LogP contribution in [0.15, 0.2) is 60.2 Å². The normalized spacial score (nSPS) is 11.8. The van der Waals surface area contributed by atoms with Crippen LogP contribution in [0.3, 0.4) is 0 Å². The summed E-state index contributed by atoms with van der Waals surface area (Å²) in [5.74, 6) is 0.727. The Bertz CT molecular complexity index is 711. The van der Waals surface area contributed by atoms with Crippen molar-refractivity contribution in [1.82, 2.24) is 0 Å². The summed E-state index contributed by atoms with van der Waals surface area (Å²) >= 11 is 0. The Kier molecular flexibility index (Phi) is 6.93. The predicted octanol–water partition coefficient (Wildman–Crippen LogP) is 6.58. The van der Waals surface area contributed by atoms with E-state index in [1.54, 1.807) is 24.3 Å². The van der Waals surface area contributed by atoms with Gasteiger partial charge in [0.1, 0.15) is 0 Å². The van der Waals surface area contributed by atoms with Crippen molar-refractivity contribution >= 4 is 5.69 Å². The van der Waals surface area contributed by atoms with E-state index in [2.05, 4.69) is 51.1 Å². The second kappa shape index (κ2) is 9.16. The zero-order valence-electron chi connectivity index (χ0n) is 15.4. The largest absolute Gasteiger partial charge is 0.269 e. The van der Waals surface area contributed by atoms with E-state index in [4.69, 9.17) is 0 Å². The smallest absolute Gasteiger partial charge is 0.258 e. The highest BCUT2D eigenvalue weighted by Gasteiger charge is 2.06. The minimum absolute atomic E-state index is 0.127. The Morgan fingerprint density at radius 3 is 2.08 bits per heavy atom. The van der Waals surface area contributed by atoms with Crippen molar-refractivity contribution in [3.8, 4) is 11.1 Å². The lowest BCUT2D eigenvalue weighted by atomic mass is 9.95. The maximum absolute atomic E-state index is 10.7. The molecule has 0 aliphatic rings. The molecule has 2 aromatic carbocycles. The van der Waals surface area contributed by atoms with Gasteiger partial charge in [-0.1, -0.05) is 42.8 Å². The molecule has 132 valence electrons. The fourth-order valence-electron chi connectivity index (χ4n) is 2.85. The van der Waals surface area contributed by atoms with Crippen LogP contribution in [0.25, 0.3) is 11.1 Å². The van der Waals surface area contributed by atoms with Gasteiger partial charge in [-0.2, -0.15) is 0 Å². The number of hydrogen-bond donors (Lipinski definition) is 0. The standard InChI is InChI=1S/C22H27NO2/c1-17(2)5-4-6-18(3)7-8-19-9-11-20(12-10-19)21-13-15-22(16-14-21)23(24)25/h5,9-16,18H,4,6-8H2,1-3H3. The molecule has 1 atom stereocenters. The van der Waals surface area contributed by atoms with E-state index in [0.717, 1.165) is 23.5 Å². The first-order valence-electron chi connectivity index (χ1n) is 8.93. The summed E-state index contributed by atoms with van der Waals surface area (Å²) in [7, 11) is 0. The van der Waals surface area contributed by atoms with Gasteiger partial charge in [0.2, 0.25) is 0 Å². The third kappa shape index (κ3) is 6.18. The van der Waals surface area contributed by atoms with Gasteiger partial charge in [0.25, 0.3) is 5.69 Å². The molecule has 1 unspecified atom stereocenters. The number of benzene rings is 2. The molecule has 0 amide bonds. The molecule has 0 radical (unpaired) electrons. The summed E-state index contributed by atoms with van der Waals surface area (Å²) in [6.07, 6.45) is 7.02. The average molecular weight is 337 g/mol. The number of aryl methyl sites for hydroxylation is 1. The molecule has 0 saturated carbocycles. The minimum Gasteiger partial charge on any atom is -0.258 e. The third-order valence-electron chi connectivity index (χ3n) is 4.50. The summed E-state index contributed by atoms with van der Waals surface area (Å²) < 4.78 is 0. The Morgan fingerprint density at radius 2 is 1.56 bits per heavy atom. The quantitative estimate of drug-likeness (QED) is 0.310. The topological polar surface area (TPSA) is 43.1 Å². The lowest BCUT2D eigenvalue weighted by Gasteiger charge is -2.10. The van der Waals surface area contributed by atoms with Crippen molar-refractivity contribution in [3.63, 3.8) is 0 Å². The number of nitro groups is 1. The van der Waals surface area contributed by atoms with Crippen LogP contribution in [0, 0.1) is 16.0 Å². The van der Waals surface area contributed by atoms with Gasteiger partial charge in [-0.3, -0.25) is 10.1 Å². The van der Waals surface area contributed by atoms with E-state index in [1.807, 2.05) is 0 Å². The Hall–Kier alpha value is -2.42. The van der Waals surface area contributed by atoms with Gasteiger partial charge < -0.3 is 0 Å². The number of allylic oxidation sites excluding steroid dienone is 2. The zero-order valence-corrected chi connectivity index (χ0v) is 15.4. The second-order valence-corrected chi connectivity index (χ2v) is 7.00. The number of nitrogens with zero attached hydrogens (tertiary/aromatic N) is 1. The highest BCUT2D eigenvalue weighted by Crippen LogP contribution is 2.23. The van der Waals surface area contributed by atoms with Crippen LogP contribution in [0.4, 0.5) is 5.69 Å². The number of non-ortho nitro benzene ring substituents is 1. The van der Waals surface area contributed by atoms with Gasteiger partial charge in [0.15, 0.2) is 0 Å². The van der Waals surface area contributed by atoms with Crippen molar-refractivity contribution in [2.45, 2.75) is 46.5 Å². The number of rotatable bonds is 8. The summed E-state index contributed by atoms with van der Waals surface area (Å²) in [4.78, 5) is 10.4. The molecule has 3 heteroatoms. The molecule has 3 nitrogen and oxygen atoms in total. The molecular weight excluding hydrogens is 310 g/mol. The van der Waals surface area contributed by atoms with E-state index in [9.17, 15) is 10.1 Å². The SMILES string of the molecule is CC(C)=CCCC(C)CCc1ccc(-c2ccc([N+](=O)[O-])cc2)cc1. The van der Waals surface area contributed by atoms with Gasteiger partial charge in [0, 0.05) is 12.1 Å². The molecule has 0 N–H and O–H groups in total. The average Bonchev–Trinajstić information content (AvgIpc) is 2.60. The fourth-order valence-corrected chi connectivity index (χ4v) is 2.85. The summed E-state index contributed by atoms with van der Waals surface area (Å²) in [5, 5.41) is 10.7. The van der Waals surface area contributed by atoms with Crippen molar-refractivity contribution in [2.75, 3.05) is 0 Å². The van der Waals surface area contributed by atoms with Crippen molar-refractivity contribution < 1.29 is 4.92 Å². The molecule has 0 aromatic heterocycles. The van der Waals surface area contributed by atoms with Gasteiger partial charge >= 0.3 is 0 Å². The molecule has 0 bridgehead atoms. The summed E-state index contributed by atoms with van der Waals surface area (Å²) in [5.41, 5.74) is 4.97. The van der Waals surface area contributed by atoms with Gasteiger partial charge in [0.05, 0.1) is 4.92 Å². The molecule has 2 rings (SSSR count). The molecule has 0 heterocycles.